The van der Waals surface area contributed by atoms with Gasteiger partial charge in [0.15, 0.2) is 0 Å². The Morgan fingerprint density at radius 3 is 2.48 bits per heavy atom. The summed E-state index contributed by atoms with van der Waals surface area (Å²) in [5.41, 5.74) is 6.55. The van der Waals surface area contributed by atoms with E-state index in [1.54, 1.807) is 0 Å². The van der Waals surface area contributed by atoms with Crippen molar-refractivity contribution in [2.75, 3.05) is 0 Å². The van der Waals surface area contributed by atoms with Gasteiger partial charge in [-0.2, -0.15) is 0 Å². The molecule has 4 aliphatic rings. The van der Waals surface area contributed by atoms with Crippen molar-refractivity contribution in [1.29, 1.82) is 0 Å². The van der Waals surface area contributed by atoms with Gasteiger partial charge in [0.1, 0.15) is 0 Å². The first-order valence-electron chi connectivity index (χ1n) is 11.8. The van der Waals surface area contributed by atoms with E-state index in [1.807, 2.05) is 0 Å². The standard InChI is InChI=1S/C24H43NO2/c1-5-6-14(2)17-7-8-18-22-19(13-21(27)24(17,18)4)23(3)10-9-16(25)11-15(23)12-20(22)26/h14-22,26-27H,5-13,25H2,1-4H3/t14?,15-,16-,17+,18?,19?,20?,21-,22?,23-,24+/m0/s1. The van der Waals surface area contributed by atoms with Crippen molar-refractivity contribution in [3.8, 4) is 0 Å². The largest absolute Gasteiger partial charge is 0.393 e. The summed E-state index contributed by atoms with van der Waals surface area (Å²) in [7, 11) is 0. The van der Waals surface area contributed by atoms with Crippen LogP contribution in [0.15, 0.2) is 0 Å². The topological polar surface area (TPSA) is 66.5 Å². The first kappa shape index (κ1) is 20.2. The van der Waals surface area contributed by atoms with Gasteiger partial charge >= 0.3 is 0 Å². The minimum absolute atomic E-state index is 0.00893. The Morgan fingerprint density at radius 2 is 1.78 bits per heavy atom. The maximum Gasteiger partial charge on any atom is 0.0602 e. The summed E-state index contributed by atoms with van der Waals surface area (Å²) in [6.07, 6.45) is 9.69. The second kappa shape index (κ2) is 6.99. The van der Waals surface area contributed by atoms with Gasteiger partial charge in [-0.1, -0.05) is 40.5 Å². The zero-order valence-corrected chi connectivity index (χ0v) is 18.0. The monoisotopic (exact) mass is 377 g/mol. The van der Waals surface area contributed by atoms with Gasteiger partial charge in [0.05, 0.1) is 12.2 Å². The van der Waals surface area contributed by atoms with Gasteiger partial charge in [-0.05, 0) is 91.3 Å². The average molecular weight is 378 g/mol. The molecule has 0 bridgehead atoms. The molecular weight excluding hydrogens is 334 g/mol. The van der Waals surface area contributed by atoms with Crippen molar-refractivity contribution < 1.29 is 10.2 Å². The normalized spacial score (nSPS) is 56.1. The molecule has 0 saturated heterocycles. The van der Waals surface area contributed by atoms with Gasteiger partial charge in [0, 0.05) is 6.04 Å². The molecule has 0 spiro atoms. The molecule has 156 valence electrons. The van der Waals surface area contributed by atoms with Gasteiger partial charge in [-0.25, -0.2) is 0 Å². The van der Waals surface area contributed by atoms with Crippen molar-refractivity contribution in [2.24, 2.45) is 52.1 Å². The van der Waals surface area contributed by atoms with Gasteiger partial charge in [-0.15, -0.1) is 0 Å². The Hall–Kier alpha value is -0.120. The van der Waals surface area contributed by atoms with Crippen LogP contribution in [0.25, 0.3) is 0 Å². The van der Waals surface area contributed by atoms with Gasteiger partial charge in [0.2, 0.25) is 0 Å². The van der Waals surface area contributed by atoms with Crippen LogP contribution in [0.3, 0.4) is 0 Å². The van der Waals surface area contributed by atoms with Gasteiger partial charge in [-0.3, -0.25) is 0 Å². The maximum absolute atomic E-state index is 11.5. The second-order valence-corrected chi connectivity index (χ2v) is 11.4. The number of aliphatic hydroxyl groups is 2. The second-order valence-electron chi connectivity index (χ2n) is 11.4. The average Bonchev–Trinajstić information content (AvgIpc) is 2.96. The summed E-state index contributed by atoms with van der Waals surface area (Å²) in [6.45, 7) is 9.52. The molecule has 0 aliphatic heterocycles. The molecule has 0 amide bonds. The first-order chi connectivity index (χ1) is 12.7. The fourth-order valence-corrected chi connectivity index (χ4v) is 8.84. The number of hydrogen-bond donors (Lipinski definition) is 3. The molecule has 4 aliphatic carbocycles. The Kier molecular flexibility index (Phi) is 5.22. The lowest BCUT2D eigenvalue weighted by Gasteiger charge is -2.63. The molecule has 4 fully saturated rings. The van der Waals surface area contributed by atoms with Crippen molar-refractivity contribution in [3.63, 3.8) is 0 Å². The summed E-state index contributed by atoms with van der Waals surface area (Å²) in [4.78, 5) is 0. The van der Waals surface area contributed by atoms with Crippen LogP contribution in [0.4, 0.5) is 0 Å². The fourth-order valence-electron chi connectivity index (χ4n) is 8.84. The minimum atomic E-state index is -0.214. The zero-order chi connectivity index (χ0) is 19.6. The van der Waals surface area contributed by atoms with E-state index in [0.717, 1.165) is 25.7 Å². The lowest BCUT2D eigenvalue weighted by Crippen LogP contribution is -2.62. The molecular formula is C24H43NO2. The van der Waals surface area contributed by atoms with E-state index in [9.17, 15) is 10.2 Å². The highest BCUT2D eigenvalue weighted by atomic mass is 16.3. The van der Waals surface area contributed by atoms with Crippen LogP contribution in [-0.4, -0.2) is 28.5 Å². The van der Waals surface area contributed by atoms with E-state index in [-0.39, 0.29) is 23.0 Å². The Morgan fingerprint density at radius 1 is 1.04 bits per heavy atom. The predicted molar refractivity (Wildman–Crippen MR) is 110 cm³/mol. The van der Waals surface area contributed by atoms with Crippen molar-refractivity contribution in [2.45, 2.75) is 104 Å². The van der Waals surface area contributed by atoms with Gasteiger partial charge < -0.3 is 15.9 Å². The predicted octanol–water partition coefficient (Wildman–Crippen LogP) is 4.35. The molecule has 5 unspecified atom stereocenters. The molecule has 0 radical (unpaired) electrons. The first-order valence-corrected chi connectivity index (χ1v) is 11.8. The number of aliphatic hydroxyl groups excluding tert-OH is 2. The highest BCUT2D eigenvalue weighted by molar-refractivity contribution is 5.14. The molecule has 4 saturated carbocycles. The Balaban J connectivity index is 1.66. The van der Waals surface area contributed by atoms with Crippen LogP contribution < -0.4 is 5.73 Å². The molecule has 0 aromatic heterocycles. The van der Waals surface area contributed by atoms with Crippen molar-refractivity contribution >= 4 is 0 Å². The quantitative estimate of drug-likeness (QED) is 0.685. The number of nitrogens with two attached hydrogens (primary N) is 1. The minimum Gasteiger partial charge on any atom is -0.393 e. The van der Waals surface area contributed by atoms with Crippen LogP contribution in [0.2, 0.25) is 0 Å². The molecule has 27 heavy (non-hydrogen) atoms. The van der Waals surface area contributed by atoms with E-state index in [0.29, 0.717) is 41.5 Å². The molecule has 0 aromatic carbocycles. The third kappa shape index (κ3) is 2.86. The lowest BCUT2D eigenvalue weighted by molar-refractivity contribution is -0.202. The van der Waals surface area contributed by atoms with Crippen LogP contribution in [0.5, 0.6) is 0 Å². The van der Waals surface area contributed by atoms with Gasteiger partial charge in [0.25, 0.3) is 0 Å². The van der Waals surface area contributed by atoms with E-state index in [4.69, 9.17) is 5.73 Å². The zero-order valence-electron chi connectivity index (χ0n) is 18.0. The molecule has 11 atom stereocenters. The van der Waals surface area contributed by atoms with E-state index < -0.39 is 0 Å². The number of rotatable bonds is 3. The van der Waals surface area contributed by atoms with E-state index in [1.165, 1.54) is 32.1 Å². The van der Waals surface area contributed by atoms with Crippen LogP contribution in [0, 0.1) is 46.3 Å². The molecule has 0 aromatic rings. The molecule has 4 N–H and O–H groups in total. The van der Waals surface area contributed by atoms with Crippen LogP contribution in [-0.2, 0) is 0 Å². The Bertz CT molecular complexity index is 552. The molecule has 3 heteroatoms. The Labute approximate surface area is 166 Å². The molecule has 4 rings (SSSR count). The maximum atomic E-state index is 11.5. The van der Waals surface area contributed by atoms with E-state index >= 15 is 0 Å². The summed E-state index contributed by atoms with van der Waals surface area (Å²) >= 11 is 0. The highest BCUT2D eigenvalue weighted by Crippen LogP contribution is 2.68. The van der Waals surface area contributed by atoms with E-state index in [2.05, 4.69) is 27.7 Å². The van der Waals surface area contributed by atoms with Crippen LogP contribution >= 0.6 is 0 Å². The number of hydrogen-bond acceptors (Lipinski definition) is 3. The van der Waals surface area contributed by atoms with Crippen molar-refractivity contribution in [1.82, 2.24) is 0 Å². The highest BCUT2D eigenvalue weighted by Gasteiger charge is 2.65. The fraction of sp³-hybridized carbons (Fsp3) is 1.00. The smallest absolute Gasteiger partial charge is 0.0602 e. The summed E-state index contributed by atoms with van der Waals surface area (Å²) in [6, 6.07) is 0.302. The third-order valence-electron chi connectivity index (χ3n) is 10.3. The SMILES string of the molecule is CCCC(C)[C@H]1CCC2C3C(O)C[C@@H]4C[C@@H](N)CC[C@]4(C)C3C[C@H](O)[C@@]21C. The summed E-state index contributed by atoms with van der Waals surface area (Å²) in [5, 5.41) is 22.8. The van der Waals surface area contributed by atoms with Crippen molar-refractivity contribution in [3.05, 3.63) is 0 Å². The lowest BCUT2D eigenvalue weighted by atomic mass is 9.43. The molecule has 0 heterocycles. The molecule has 3 nitrogen and oxygen atoms in total. The summed E-state index contributed by atoms with van der Waals surface area (Å²) in [5.74, 6) is 3.15. The number of fused-ring (bicyclic) bond motifs is 5. The third-order valence-corrected chi connectivity index (χ3v) is 10.3. The van der Waals surface area contributed by atoms with Crippen LogP contribution in [0.1, 0.15) is 85.5 Å². The summed E-state index contributed by atoms with van der Waals surface area (Å²) < 4.78 is 0.